The van der Waals surface area contributed by atoms with Crippen LogP contribution in [0.5, 0.6) is 0 Å². The summed E-state index contributed by atoms with van der Waals surface area (Å²) in [6.07, 6.45) is 1.69. The highest BCUT2D eigenvalue weighted by molar-refractivity contribution is 7.99. The van der Waals surface area contributed by atoms with Gasteiger partial charge >= 0.3 is 0 Å². The molecule has 2 heterocycles. The first-order chi connectivity index (χ1) is 9.74. The monoisotopic (exact) mass is 293 g/mol. The van der Waals surface area contributed by atoms with Gasteiger partial charge in [-0.1, -0.05) is 17.3 Å². The minimum Gasteiger partial charge on any atom is -0.339 e. The third-order valence-electron chi connectivity index (χ3n) is 3.33. The summed E-state index contributed by atoms with van der Waals surface area (Å²) in [4.78, 5) is 4.95. The Hall–Kier alpha value is -1.40. The first-order valence-corrected chi connectivity index (χ1v) is 7.66. The average molecular weight is 293 g/mol. The van der Waals surface area contributed by atoms with Gasteiger partial charge in [-0.15, -0.1) is 11.8 Å². The molecular formula is C14H16FN3OS. The molecule has 1 atom stereocenters. The Bertz CT molecular complexity index is 602. The smallest absolute Gasteiger partial charge is 0.227 e. The summed E-state index contributed by atoms with van der Waals surface area (Å²) >= 11 is 1.60. The summed E-state index contributed by atoms with van der Waals surface area (Å²) in [6, 6.07) is 5.50. The summed E-state index contributed by atoms with van der Waals surface area (Å²) in [5.41, 5.74) is 1.06. The fourth-order valence-corrected chi connectivity index (χ4v) is 3.53. The molecule has 0 fully saturated rings. The van der Waals surface area contributed by atoms with Crippen LogP contribution in [0.3, 0.4) is 0 Å². The lowest BCUT2D eigenvalue weighted by atomic mass is 10.0. The van der Waals surface area contributed by atoms with Crippen molar-refractivity contribution in [3.05, 3.63) is 41.3 Å². The number of fused-ring (bicyclic) bond motifs is 1. The van der Waals surface area contributed by atoms with Crippen molar-refractivity contribution in [1.82, 2.24) is 15.5 Å². The van der Waals surface area contributed by atoms with Gasteiger partial charge in [0.15, 0.2) is 5.82 Å². The van der Waals surface area contributed by atoms with E-state index in [1.165, 1.54) is 6.07 Å². The number of aromatic nitrogens is 2. The average Bonchev–Trinajstić information content (AvgIpc) is 2.86. The molecule has 106 valence electrons. The molecule has 1 aliphatic heterocycles. The number of thioether (sulfide) groups is 1. The number of hydrogen-bond donors (Lipinski definition) is 1. The number of rotatable bonds is 4. The molecule has 0 saturated heterocycles. The zero-order valence-corrected chi connectivity index (χ0v) is 12.0. The molecule has 20 heavy (non-hydrogen) atoms. The number of hydrogen-bond acceptors (Lipinski definition) is 5. The van der Waals surface area contributed by atoms with Gasteiger partial charge in [0.05, 0.1) is 0 Å². The zero-order valence-electron chi connectivity index (χ0n) is 11.2. The van der Waals surface area contributed by atoms with Crippen molar-refractivity contribution in [2.45, 2.75) is 30.7 Å². The summed E-state index contributed by atoms with van der Waals surface area (Å²) in [7, 11) is 0. The molecule has 1 N–H and O–H groups in total. The topological polar surface area (TPSA) is 51.0 Å². The second kappa shape index (κ2) is 5.93. The highest BCUT2D eigenvalue weighted by Crippen LogP contribution is 2.37. The number of nitrogens with zero attached hydrogens (tertiary/aromatic N) is 2. The minimum absolute atomic E-state index is 0.119. The molecular weight excluding hydrogens is 277 g/mol. The Morgan fingerprint density at radius 3 is 3.20 bits per heavy atom. The lowest BCUT2D eigenvalue weighted by molar-refractivity contribution is 0.368. The molecule has 0 spiro atoms. The van der Waals surface area contributed by atoms with Crippen molar-refractivity contribution in [3.63, 3.8) is 0 Å². The van der Waals surface area contributed by atoms with Crippen LogP contribution >= 0.6 is 11.8 Å². The molecule has 4 nitrogen and oxygen atoms in total. The van der Waals surface area contributed by atoms with Crippen LogP contribution in [-0.2, 0) is 6.42 Å². The molecule has 0 radical (unpaired) electrons. The van der Waals surface area contributed by atoms with Crippen molar-refractivity contribution >= 4 is 11.8 Å². The Morgan fingerprint density at radius 2 is 2.40 bits per heavy atom. The Morgan fingerprint density at radius 1 is 1.50 bits per heavy atom. The van der Waals surface area contributed by atoms with Crippen LogP contribution in [-0.4, -0.2) is 22.4 Å². The summed E-state index contributed by atoms with van der Waals surface area (Å²) in [5, 5.41) is 7.22. The van der Waals surface area contributed by atoms with Gasteiger partial charge in [-0.05, 0) is 30.7 Å². The molecule has 0 aliphatic carbocycles. The lowest BCUT2D eigenvalue weighted by Crippen LogP contribution is -2.27. The fourth-order valence-electron chi connectivity index (χ4n) is 2.39. The van der Waals surface area contributed by atoms with E-state index in [1.54, 1.807) is 24.8 Å². The number of halogens is 1. The van der Waals surface area contributed by atoms with Crippen LogP contribution in [0.2, 0.25) is 0 Å². The van der Waals surface area contributed by atoms with E-state index in [-0.39, 0.29) is 11.9 Å². The van der Waals surface area contributed by atoms with Gasteiger partial charge in [0.2, 0.25) is 5.89 Å². The highest BCUT2D eigenvalue weighted by atomic mass is 32.2. The predicted octanol–water partition coefficient (Wildman–Crippen LogP) is 2.89. The molecule has 1 aromatic carbocycles. The van der Waals surface area contributed by atoms with E-state index in [2.05, 4.69) is 15.5 Å². The van der Waals surface area contributed by atoms with Gasteiger partial charge in [0, 0.05) is 23.9 Å². The Balaban J connectivity index is 1.63. The van der Waals surface area contributed by atoms with Gasteiger partial charge in [0.1, 0.15) is 5.82 Å². The van der Waals surface area contributed by atoms with Crippen molar-refractivity contribution in [1.29, 1.82) is 0 Å². The van der Waals surface area contributed by atoms with E-state index in [9.17, 15) is 4.39 Å². The molecule has 2 aromatic rings. The Kier molecular flexibility index (Phi) is 4.03. The van der Waals surface area contributed by atoms with Gasteiger partial charge in [0.25, 0.3) is 0 Å². The second-order valence-electron chi connectivity index (χ2n) is 4.79. The van der Waals surface area contributed by atoms with Gasteiger partial charge in [-0.3, -0.25) is 0 Å². The molecule has 6 heteroatoms. The van der Waals surface area contributed by atoms with Crippen LogP contribution in [0.25, 0.3) is 0 Å². The number of nitrogens with one attached hydrogen (secondary N) is 1. The summed E-state index contributed by atoms with van der Waals surface area (Å²) < 4.78 is 18.8. The number of benzene rings is 1. The van der Waals surface area contributed by atoms with E-state index < -0.39 is 0 Å². The maximum Gasteiger partial charge on any atom is 0.227 e. The molecule has 0 bridgehead atoms. The Labute approximate surface area is 121 Å². The van der Waals surface area contributed by atoms with E-state index in [4.69, 9.17) is 4.52 Å². The van der Waals surface area contributed by atoms with Gasteiger partial charge in [-0.2, -0.15) is 4.98 Å². The maximum absolute atomic E-state index is 13.8. The van der Waals surface area contributed by atoms with E-state index in [1.807, 2.05) is 6.07 Å². The molecule has 1 aromatic heterocycles. The predicted molar refractivity (Wildman–Crippen MR) is 75.2 cm³/mol. The first-order valence-electron chi connectivity index (χ1n) is 6.68. The van der Waals surface area contributed by atoms with Crippen molar-refractivity contribution in [2.24, 2.45) is 0 Å². The fraction of sp³-hybridized carbons (Fsp3) is 0.429. The lowest BCUT2D eigenvalue weighted by Gasteiger charge is -2.26. The third kappa shape index (κ3) is 2.86. The van der Waals surface area contributed by atoms with Crippen LogP contribution in [0.4, 0.5) is 4.39 Å². The van der Waals surface area contributed by atoms with Crippen molar-refractivity contribution in [3.8, 4) is 0 Å². The largest absolute Gasteiger partial charge is 0.339 e. The summed E-state index contributed by atoms with van der Waals surface area (Å²) in [6.45, 7) is 2.55. The van der Waals surface area contributed by atoms with E-state index >= 15 is 0 Å². The normalized spacial score (nSPS) is 18.0. The van der Waals surface area contributed by atoms with Crippen LogP contribution in [0, 0.1) is 12.7 Å². The maximum atomic E-state index is 13.8. The van der Waals surface area contributed by atoms with Gasteiger partial charge in [-0.25, -0.2) is 4.39 Å². The SMILES string of the molecule is Cc1noc(CCNC2CCSc3c(F)cccc32)n1. The van der Waals surface area contributed by atoms with Crippen LogP contribution in [0.15, 0.2) is 27.6 Å². The van der Waals surface area contributed by atoms with Gasteiger partial charge < -0.3 is 9.84 Å². The first kappa shape index (κ1) is 13.6. The standard InChI is InChI=1S/C14H16FN3OS/c1-9-17-13(19-18-9)5-7-16-12-6-8-20-14-10(12)3-2-4-11(14)15/h2-4,12,16H,5-8H2,1H3. The highest BCUT2D eigenvalue weighted by Gasteiger charge is 2.22. The molecule has 1 aliphatic rings. The molecule has 3 rings (SSSR count). The number of aryl methyl sites for hydroxylation is 1. The minimum atomic E-state index is -0.119. The van der Waals surface area contributed by atoms with Crippen LogP contribution in [0.1, 0.15) is 29.7 Å². The molecule has 0 saturated carbocycles. The van der Waals surface area contributed by atoms with Crippen molar-refractivity contribution < 1.29 is 8.91 Å². The molecule has 1 unspecified atom stereocenters. The van der Waals surface area contributed by atoms with Crippen molar-refractivity contribution in [2.75, 3.05) is 12.3 Å². The molecule has 0 amide bonds. The zero-order chi connectivity index (χ0) is 13.9. The summed E-state index contributed by atoms with van der Waals surface area (Å²) in [5.74, 6) is 2.11. The second-order valence-corrected chi connectivity index (χ2v) is 5.89. The quantitative estimate of drug-likeness (QED) is 0.939. The van der Waals surface area contributed by atoms with E-state index in [0.717, 1.165) is 29.2 Å². The third-order valence-corrected chi connectivity index (χ3v) is 4.48. The van der Waals surface area contributed by atoms with E-state index in [0.29, 0.717) is 18.1 Å². The van der Waals surface area contributed by atoms with Crippen LogP contribution < -0.4 is 5.32 Å².